The number of hydrogen-bond acceptors (Lipinski definition) is 6. The molecule has 46 heavy (non-hydrogen) atoms. The van der Waals surface area contributed by atoms with Crippen LogP contribution in [0.3, 0.4) is 0 Å². The summed E-state index contributed by atoms with van der Waals surface area (Å²) in [4.78, 5) is 30.9. The van der Waals surface area contributed by atoms with Crippen molar-refractivity contribution < 1.29 is 22.7 Å². The number of carbonyl (C=O) groups excluding carboxylic acids is 1. The molecule has 3 saturated heterocycles. The number of ether oxygens (including phenoxy) is 1. The molecule has 0 saturated carbocycles. The molecule has 4 heterocycles. The van der Waals surface area contributed by atoms with Gasteiger partial charge < -0.3 is 19.4 Å². The molecule has 3 fully saturated rings. The second-order valence-corrected chi connectivity index (χ2v) is 13.0. The number of fused-ring (bicyclic) bond motifs is 3. The number of aryl methyl sites for hydroxylation is 1. The Morgan fingerprint density at radius 3 is 2.83 bits per heavy atom. The van der Waals surface area contributed by atoms with Crippen LogP contribution in [0.15, 0.2) is 36.9 Å². The molecule has 7 rings (SSSR count). The Morgan fingerprint density at radius 1 is 1.15 bits per heavy atom. The van der Waals surface area contributed by atoms with E-state index in [1.807, 2.05) is 17.0 Å². The highest BCUT2D eigenvalue weighted by molar-refractivity contribution is 5.94. The maximum atomic E-state index is 16.8. The van der Waals surface area contributed by atoms with Gasteiger partial charge in [0.25, 0.3) is 0 Å². The van der Waals surface area contributed by atoms with Crippen molar-refractivity contribution in [1.29, 1.82) is 0 Å². The summed E-state index contributed by atoms with van der Waals surface area (Å²) in [6, 6.07) is 6.39. The quantitative estimate of drug-likeness (QED) is 0.253. The number of carbonyl (C=O) groups is 1. The van der Waals surface area contributed by atoms with Crippen molar-refractivity contribution in [3.05, 3.63) is 71.1 Å². The van der Waals surface area contributed by atoms with Gasteiger partial charge in [-0.05, 0) is 73.9 Å². The fraction of sp³-hybridized carbons (Fsp3) is 0.486. The summed E-state index contributed by atoms with van der Waals surface area (Å²) in [6.45, 7) is 13.2. The first-order valence-electron chi connectivity index (χ1n) is 16.2. The van der Waals surface area contributed by atoms with Crippen LogP contribution < -0.4 is 9.64 Å². The second-order valence-electron chi connectivity index (χ2n) is 13.0. The van der Waals surface area contributed by atoms with Crippen molar-refractivity contribution in [2.24, 2.45) is 0 Å². The molecule has 240 valence electrons. The minimum absolute atomic E-state index is 0.0528. The monoisotopic (exact) mass is 630 g/mol. The van der Waals surface area contributed by atoms with E-state index in [9.17, 15) is 9.18 Å². The first-order chi connectivity index (χ1) is 22.3. The number of amides is 1. The number of aromatic nitrogens is 2. The predicted molar refractivity (Wildman–Crippen MR) is 169 cm³/mol. The number of piperazine rings is 1. The molecule has 3 atom stereocenters. The summed E-state index contributed by atoms with van der Waals surface area (Å²) in [5.74, 6) is -1.50. The van der Waals surface area contributed by atoms with Crippen LogP contribution in [-0.2, 0) is 17.6 Å². The summed E-state index contributed by atoms with van der Waals surface area (Å²) in [6.07, 6.45) is 5.98. The van der Waals surface area contributed by atoms with E-state index in [2.05, 4.69) is 21.3 Å². The Hall–Kier alpha value is -4.17. The lowest BCUT2D eigenvalue weighted by Gasteiger charge is -2.39. The van der Waals surface area contributed by atoms with Crippen molar-refractivity contribution in [1.82, 2.24) is 19.8 Å². The number of hydrogen-bond donors (Lipinski definition) is 0. The fourth-order valence-corrected chi connectivity index (χ4v) is 8.09. The van der Waals surface area contributed by atoms with E-state index in [4.69, 9.17) is 16.3 Å². The fourth-order valence-electron chi connectivity index (χ4n) is 8.09. The van der Waals surface area contributed by atoms with Crippen LogP contribution in [0, 0.1) is 18.2 Å². The zero-order valence-electron chi connectivity index (χ0n) is 25.8. The highest BCUT2D eigenvalue weighted by Crippen LogP contribution is 2.42. The molecule has 3 aliphatic heterocycles. The summed E-state index contributed by atoms with van der Waals surface area (Å²) in [5, 5.41) is 0.186. The van der Waals surface area contributed by atoms with Gasteiger partial charge in [-0.1, -0.05) is 24.8 Å². The highest BCUT2D eigenvalue weighted by atomic mass is 19.1. The van der Waals surface area contributed by atoms with E-state index in [0.29, 0.717) is 25.1 Å². The minimum Gasteiger partial charge on any atom is -0.461 e. The summed E-state index contributed by atoms with van der Waals surface area (Å²) in [7, 11) is 0. The van der Waals surface area contributed by atoms with Crippen LogP contribution >= 0.6 is 0 Å². The smallest absolute Gasteiger partial charge is 0.319 e. The topological polar surface area (TPSA) is 66.2 Å². The van der Waals surface area contributed by atoms with Crippen molar-refractivity contribution in [3.8, 4) is 17.1 Å². The first-order valence-corrected chi connectivity index (χ1v) is 16.2. The predicted octanol–water partition coefficient (Wildman–Crippen LogP) is 5.53. The standard InChI is InChI=1S/C35H37F3N6O2/c1-3-29(45)44-15-14-42(20-24(44)18-39-2)33-27-16-28(37)30(26-11-6-9-22-8-4-5-10-25(22)26)31(38)32(27)40-34(41-33)46-21-35-12-7-13-43(35)19-23(36)17-35/h3,6,9,11,16,23-24H,1,4-5,7-8,10,12-15,17-21H2/t23-,24+,35+/m1/s1. The van der Waals surface area contributed by atoms with E-state index in [-0.39, 0.29) is 60.4 Å². The molecular weight excluding hydrogens is 593 g/mol. The molecule has 0 spiro atoms. The molecule has 1 aromatic heterocycles. The average molecular weight is 631 g/mol. The van der Waals surface area contributed by atoms with Crippen molar-refractivity contribution in [3.63, 3.8) is 0 Å². The van der Waals surface area contributed by atoms with Gasteiger partial charge in [0.05, 0.1) is 11.1 Å². The van der Waals surface area contributed by atoms with Gasteiger partial charge >= 0.3 is 6.01 Å². The lowest BCUT2D eigenvalue weighted by molar-refractivity contribution is -0.128. The van der Waals surface area contributed by atoms with Gasteiger partial charge in [-0.2, -0.15) is 9.97 Å². The minimum atomic E-state index is -0.939. The third kappa shape index (κ3) is 5.26. The van der Waals surface area contributed by atoms with E-state index in [0.717, 1.165) is 56.2 Å². The van der Waals surface area contributed by atoms with Crippen LogP contribution in [0.1, 0.15) is 43.2 Å². The zero-order chi connectivity index (χ0) is 32.0. The molecular formula is C35H37F3N6O2. The maximum absolute atomic E-state index is 16.8. The molecule has 3 aromatic rings. The van der Waals surface area contributed by atoms with Gasteiger partial charge in [-0.3, -0.25) is 9.69 Å². The number of anilines is 1. The lowest BCUT2D eigenvalue weighted by atomic mass is 9.85. The van der Waals surface area contributed by atoms with Crippen LogP contribution in [0.25, 0.3) is 26.9 Å². The molecule has 8 nitrogen and oxygen atoms in total. The van der Waals surface area contributed by atoms with Crippen LogP contribution in [0.2, 0.25) is 0 Å². The van der Waals surface area contributed by atoms with E-state index >= 15 is 8.78 Å². The van der Waals surface area contributed by atoms with Gasteiger partial charge in [0.2, 0.25) is 12.5 Å². The molecule has 2 aromatic carbocycles. The molecule has 0 N–H and O–H groups in total. The molecule has 0 unspecified atom stereocenters. The lowest BCUT2D eigenvalue weighted by Crippen LogP contribution is -2.56. The van der Waals surface area contributed by atoms with Crippen molar-refractivity contribution in [2.45, 2.75) is 62.7 Å². The Kier molecular flexibility index (Phi) is 8.09. The molecule has 1 aliphatic carbocycles. The first kappa shape index (κ1) is 30.5. The van der Waals surface area contributed by atoms with Crippen molar-refractivity contribution in [2.75, 3.05) is 50.8 Å². The largest absolute Gasteiger partial charge is 0.461 e. The van der Waals surface area contributed by atoms with Gasteiger partial charge in [-0.25, -0.2) is 19.7 Å². The van der Waals surface area contributed by atoms with Gasteiger partial charge in [0, 0.05) is 38.0 Å². The Labute approximate surface area is 266 Å². The van der Waals surface area contributed by atoms with Crippen LogP contribution in [-0.4, -0.2) is 89.3 Å². The maximum Gasteiger partial charge on any atom is 0.319 e. The van der Waals surface area contributed by atoms with E-state index in [1.54, 1.807) is 11.0 Å². The Balaban J connectivity index is 1.33. The SMILES string of the molecule is [C-]#[N+]C[C@H]1CN(c2nc(OC[C@@]34CCCN3C[C@H](F)C4)nc3c(F)c(-c4cccc5c4CCCC5)c(F)cc23)CCN1C(=O)C=C. The van der Waals surface area contributed by atoms with E-state index < -0.39 is 29.4 Å². The second kappa shape index (κ2) is 12.2. The number of rotatable bonds is 7. The Bertz CT molecular complexity index is 1740. The average Bonchev–Trinajstić information content (AvgIpc) is 3.59. The number of halogens is 3. The van der Waals surface area contributed by atoms with Crippen LogP contribution in [0.4, 0.5) is 19.0 Å². The molecule has 1 amide bonds. The zero-order valence-corrected chi connectivity index (χ0v) is 25.8. The molecule has 0 bridgehead atoms. The third-order valence-corrected chi connectivity index (χ3v) is 10.3. The molecule has 11 heteroatoms. The van der Waals surface area contributed by atoms with E-state index in [1.165, 1.54) is 12.1 Å². The highest BCUT2D eigenvalue weighted by Gasteiger charge is 2.49. The summed E-state index contributed by atoms with van der Waals surface area (Å²) >= 11 is 0. The summed E-state index contributed by atoms with van der Waals surface area (Å²) in [5.41, 5.74) is 1.95. The number of alkyl halides is 1. The van der Waals surface area contributed by atoms with Gasteiger partial charge in [-0.15, -0.1) is 0 Å². The van der Waals surface area contributed by atoms with Crippen LogP contribution in [0.5, 0.6) is 6.01 Å². The normalized spacial score (nSPS) is 24.5. The van der Waals surface area contributed by atoms with Gasteiger partial charge in [0.15, 0.2) is 5.82 Å². The van der Waals surface area contributed by atoms with Crippen molar-refractivity contribution >= 4 is 22.6 Å². The summed E-state index contributed by atoms with van der Waals surface area (Å²) < 4.78 is 53.6. The number of benzene rings is 2. The third-order valence-electron chi connectivity index (χ3n) is 10.3. The Morgan fingerprint density at radius 2 is 2.00 bits per heavy atom. The number of nitrogens with zero attached hydrogens (tertiary/aromatic N) is 6. The molecule has 4 aliphatic rings. The molecule has 0 radical (unpaired) electrons. The van der Waals surface area contributed by atoms with Gasteiger partial charge in [0.1, 0.15) is 36.0 Å².